The number of hydrogen-bond donors (Lipinski definition) is 1. The van der Waals surface area contributed by atoms with Gasteiger partial charge in [-0.1, -0.05) is 51.3 Å². The van der Waals surface area contributed by atoms with Gasteiger partial charge in [-0.05, 0) is 42.0 Å². The molecular formula is C15H10BrCl2NO. The SMILES string of the molecule is O=C(/C=C\c1ccc(Br)cc1)Nc1ccc(Cl)cc1Cl. The Balaban J connectivity index is 2.03. The molecular weight excluding hydrogens is 361 g/mol. The van der Waals surface area contributed by atoms with Crippen molar-refractivity contribution in [3.05, 3.63) is 68.6 Å². The summed E-state index contributed by atoms with van der Waals surface area (Å²) < 4.78 is 0.993. The first-order chi connectivity index (χ1) is 9.54. The van der Waals surface area contributed by atoms with Gasteiger partial charge in [0.1, 0.15) is 0 Å². The maximum atomic E-state index is 11.8. The third kappa shape index (κ3) is 4.37. The van der Waals surface area contributed by atoms with Crippen LogP contribution in [-0.4, -0.2) is 5.91 Å². The topological polar surface area (TPSA) is 29.1 Å². The molecule has 0 aliphatic heterocycles. The van der Waals surface area contributed by atoms with Crippen molar-refractivity contribution in [2.45, 2.75) is 0 Å². The molecule has 1 amide bonds. The number of hydrogen-bond acceptors (Lipinski definition) is 1. The molecule has 0 saturated heterocycles. The van der Waals surface area contributed by atoms with E-state index < -0.39 is 0 Å². The van der Waals surface area contributed by atoms with E-state index in [0.29, 0.717) is 15.7 Å². The van der Waals surface area contributed by atoms with Crippen LogP contribution in [0.15, 0.2) is 53.0 Å². The molecule has 2 nitrogen and oxygen atoms in total. The molecule has 5 heteroatoms. The number of nitrogens with one attached hydrogen (secondary N) is 1. The minimum Gasteiger partial charge on any atom is -0.321 e. The van der Waals surface area contributed by atoms with Crippen LogP contribution in [0.4, 0.5) is 5.69 Å². The molecule has 0 radical (unpaired) electrons. The molecule has 2 aromatic carbocycles. The summed E-state index contributed by atoms with van der Waals surface area (Å²) in [6.07, 6.45) is 3.18. The Bertz CT molecular complexity index is 653. The fourth-order valence-electron chi connectivity index (χ4n) is 1.51. The molecule has 0 unspecified atom stereocenters. The van der Waals surface area contributed by atoms with Crippen molar-refractivity contribution in [3.8, 4) is 0 Å². The van der Waals surface area contributed by atoms with Crippen LogP contribution in [0.1, 0.15) is 5.56 Å². The predicted molar refractivity (Wildman–Crippen MR) is 88.3 cm³/mol. The summed E-state index contributed by atoms with van der Waals surface area (Å²) in [4.78, 5) is 11.8. The molecule has 0 atom stereocenters. The lowest BCUT2D eigenvalue weighted by molar-refractivity contribution is -0.111. The van der Waals surface area contributed by atoms with E-state index in [-0.39, 0.29) is 5.91 Å². The molecule has 0 heterocycles. The van der Waals surface area contributed by atoms with Crippen LogP contribution >= 0.6 is 39.1 Å². The number of halogens is 3. The number of carbonyl (C=O) groups is 1. The molecule has 0 aromatic heterocycles. The van der Waals surface area contributed by atoms with Gasteiger partial charge in [0.2, 0.25) is 5.91 Å². The first-order valence-corrected chi connectivity index (χ1v) is 7.29. The van der Waals surface area contributed by atoms with Gasteiger partial charge in [-0.2, -0.15) is 0 Å². The summed E-state index contributed by atoms with van der Waals surface area (Å²) in [5.41, 5.74) is 1.46. The van der Waals surface area contributed by atoms with Crippen molar-refractivity contribution in [2.75, 3.05) is 5.32 Å². The first kappa shape index (κ1) is 15.1. The lowest BCUT2D eigenvalue weighted by Crippen LogP contribution is -2.08. The fraction of sp³-hybridized carbons (Fsp3) is 0. The molecule has 0 fully saturated rings. The van der Waals surface area contributed by atoms with E-state index >= 15 is 0 Å². The molecule has 2 rings (SSSR count). The van der Waals surface area contributed by atoms with Gasteiger partial charge in [0.05, 0.1) is 10.7 Å². The van der Waals surface area contributed by atoms with Gasteiger partial charge in [0, 0.05) is 15.6 Å². The Morgan fingerprint density at radius 2 is 1.80 bits per heavy atom. The molecule has 1 N–H and O–H groups in total. The van der Waals surface area contributed by atoms with E-state index in [0.717, 1.165) is 10.0 Å². The van der Waals surface area contributed by atoms with E-state index in [4.69, 9.17) is 23.2 Å². The second-order valence-corrected chi connectivity index (χ2v) is 5.76. The second-order valence-electron chi connectivity index (χ2n) is 4.00. The number of amides is 1. The monoisotopic (exact) mass is 369 g/mol. The van der Waals surface area contributed by atoms with Crippen LogP contribution in [0.2, 0.25) is 10.0 Å². The summed E-state index contributed by atoms with van der Waals surface area (Å²) in [5, 5.41) is 3.63. The first-order valence-electron chi connectivity index (χ1n) is 5.74. The number of benzene rings is 2. The highest BCUT2D eigenvalue weighted by Crippen LogP contribution is 2.25. The van der Waals surface area contributed by atoms with Gasteiger partial charge < -0.3 is 5.32 Å². The lowest BCUT2D eigenvalue weighted by atomic mass is 10.2. The van der Waals surface area contributed by atoms with Crippen LogP contribution in [-0.2, 0) is 4.79 Å². The minimum atomic E-state index is -0.253. The number of carbonyl (C=O) groups excluding carboxylic acids is 1. The van der Waals surface area contributed by atoms with E-state index in [9.17, 15) is 4.79 Å². The van der Waals surface area contributed by atoms with Crippen LogP contribution in [0.3, 0.4) is 0 Å². The van der Waals surface area contributed by atoms with Gasteiger partial charge in [-0.25, -0.2) is 0 Å². The molecule has 0 spiro atoms. The Kier molecular flexibility index (Phi) is 5.24. The van der Waals surface area contributed by atoms with Gasteiger partial charge in [-0.3, -0.25) is 4.79 Å². The quantitative estimate of drug-likeness (QED) is 0.719. The zero-order valence-corrected chi connectivity index (χ0v) is 13.3. The highest BCUT2D eigenvalue weighted by Gasteiger charge is 2.03. The van der Waals surface area contributed by atoms with E-state index in [1.807, 2.05) is 24.3 Å². The molecule has 20 heavy (non-hydrogen) atoms. The average Bonchev–Trinajstić information content (AvgIpc) is 2.41. The summed E-state index contributed by atoms with van der Waals surface area (Å²) >= 11 is 15.1. The third-order valence-corrected chi connectivity index (χ3v) is 3.56. The van der Waals surface area contributed by atoms with E-state index in [1.54, 1.807) is 24.3 Å². The number of rotatable bonds is 3. The van der Waals surface area contributed by atoms with Crippen LogP contribution in [0.25, 0.3) is 6.08 Å². The minimum absolute atomic E-state index is 0.253. The van der Waals surface area contributed by atoms with Crippen LogP contribution < -0.4 is 5.32 Å². The fourth-order valence-corrected chi connectivity index (χ4v) is 2.23. The molecule has 0 aliphatic rings. The van der Waals surface area contributed by atoms with Crippen molar-refractivity contribution in [1.82, 2.24) is 0 Å². The zero-order valence-electron chi connectivity index (χ0n) is 10.2. The highest BCUT2D eigenvalue weighted by molar-refractivity contribution is 9.10. The third-order valence-electron chi connectivity index (χ3n) is 2.49. The molecule has 2 aromatic rings. The van der Waals surface area contributed by atoms with Gasteiger partial charge in [0.15, 0.2) is 0 Å². The summed E-state index contributed by atoms with van der Waals surface area (Å²) in [6.45, 7) is 0. The number of anilines is 1. The highest BCUT2D eigenvalue weighted by atomic mass is 79.9. The average molecular weight is 371 g/mol. The summed E-state index contributed by atoms with van der Waals surface area (Å²) in [6, 6.07) is 12.5. The predicted octanol–water partition coefficient (Wildman–Crippen LogP) is 5.41. The van der Waals surface area contributed by atoms with Gasteiger partial charge >= 0.3 is 0 Å². The standard InChI is InChI=1S/C15H10BrCl2NO/c16-11-4-1-10(2-5-11)3-8-15(20)19-14-7-6-12(17)9-13(14)18/h1-9H,(H,19,20)/b8-3-. The van der Waals surface area contributed by atoms with Gasteiger partial charge in [-0.15, -0.1) is 0 Å². The largest absolute Gasteiger partial charge is 0.321 e. The Morgan fingerprint density at radius 3 is 2.45 bits per heavy atom. The van der Waals surface area contributed by atoms with Crippen molar-refractivity contribution < 1.29 is 4.79 Å². The van der Waals surface area contributed by atoms with E-state index in [1.165, 1.54) is 6.08 Å². The summed E-state index contributed by atoms with van der Waals surface area (Å²) in [5.74, 6) is -0.253. The van der Waals surface area contributed by atoms with Crippen molar-refractivity contribution >= 4 is 56.8 Å². The van der Waals surface area contributed by atoms with Crippen LogP contribution in [0, 0.1) is 0 Å². The maximum absolute atomic E-state index is 11.8. The molecule has 0 aliphatic carbocycles. The van der Waals surface area contributed by atoms with Crippen molar-refractivity contribution in [2.24, 2.45) is 0 Å². The Labute approximate surface area is 135 Å². The maximum Gasteiger partial charge on any atom is 0.248 e. The van der Waals surface area contributed by atoms with Crippen molar-refractivity contribution in [3.63, 3.8) is 0 Å². The Morgan fingerprint density at radius 1 is 1.10 bits per heavy atom. The normalized spacial score (nSPS) is 10.8. The summed E-state index contributed by atoms with van der Waals surface area (Å²) in [7, 11) is 0. The lowest BCUT2D eigenvalue weighted by Gasteiger charge is -2.04. The molecule has 0 bridgehead atoms. The second kappa shape index (κ2) is 6.93. The van der Waals surface area contributed by atoms with Crippen molar-refractivity contribution in [1.29, 1.82) is 0 Å². The molecule has 0 saturated carbocycles. The Hall–Kier alpha value is -1.29. The van der Waals surface area contributed by atoms with Gasteiger partial charge in [0.25, 0.3) is 0 Å². The molecule has 102 valence electrons. The van der Waals surface area contributed by atoms with Crippen LogP contribution in [0.5, 0.6) is 0 Å². The van der Waals surface area contributed by atoms with E-state index in [2.05, 4.69) is 21.2 Å². The zero-order chi connectivity index (χ0) is 14.5. The smallest absolute Gasteiger partial charge is 0.248 e.